The first-order valence-corrected chi connectivity index (χ1v) is 8.61. The molecule has 0 aliphatic heterocycles. The first-order valence-electron chi connectivity index (χ1n) is 8.61. The lowest BCUT2D eigenvalue weighted by atomic mass is 10.2. The van der Waals surface area contributed by atoms with Crippen molar-refractivity contribution in [3.8, 4) is 0 Å². The number of hydrogen-bond acceptors (Lipinski definition) is 3. The molecule has 134 valence electrons. The summed E-state index contributed by atoms with van der Waals surface area (Å²) in [7, 11) is 1.77. The molecular formula is C19H26N4O2. The minimum atomic E-state index is -0.257. The van der Waals surface area contributed by atoms with E-state index in [0.717, 1.165) is 30.2 Å². The number of rotatable bonds is 8. The van der Waals surface area contributed by atoms with Gasteiger partial charge in [0.15, 0.2) is 11.7 Å². The number of benzene rings is 1. The Bertz CT molecular complexity index is 663. The lowest BCUT2D eigenvalue weighted by molar-refractivity contribution is 0.0996. The molecule has 0 bridgehead atoms. The number of nitrogens with one attached hydrogen (secondary N) is 3. The van der Waals surface area contributed by atoms with E-state index in [1.54, 1.807) is 19.2 Å². The highest BCUT2D eigenvalue weighted by atomic mass is 16.3. The van der Waals surface area contributed by atoms with Crippen LogP contribution in [0.25, 0.3) is 0 Å². The molecule has 3 N–H and O–H groups in total. The predicted octanol–water partition coefficient (Wildman–Crippen LogP) is 3.39. The zero-order chi connectivity index (χ0) is 17.9. The third-order valence-electron chi connectivity index (χ3n) is 3.71. The van der Waals surface area contributed by atoms with Gasteiger partial charge in [0.05, 0.1) is 6.26 Å². The van der Waals surface area contributed by atoms with Crippen molar-refractivity contribution in [3.05, 3.63) is 54.0 Å². The highest BCUT2D eigenvalue weighted by molar-refractivity contribution is 6.02. The summed E-state index contributed by atoms with van der Waals surface area (Å²) in [6, 6.07) is 11.0. The monoisotopic (exact) mass is 342 g/mol. The average molecular weight is 342 g/mol. The molecule has 2 rings (SSSR count). The van der Waals surface area contributed by atoms with E-state index < -0.39 is 0 Å². The van der Waals surface area contributed by atoms with Crippen LogP contribution in [0.4, 0.5) is 5.69 Å². The number of guanidine groups is 1. The number of nitrogens with zero attached hydrogens (tertiary/aromatic N) is 1. The molecule has 25 heavy (non-hydrogen) atoms. The molecule has 6 heteroatoms. The fourth-order valence-electron chi connectivity index (χ4n) is 2.29. The SMILES string of the molecule is CCCCCNC(=NC)NCc1ccc(NC(=O)c2ccco2)cc1. The van der Waals surface area contributed by atoms with Crippen LogP contribution in [0.2, 0.25) is 0 Å². The van der Waals surface area contributed by atoms with Gasteiger partial charge in [-0.05, 0) is 36.2 Å². The van der Waals surface area contributed by atoms with E-state index in [1.165, 1.54) is 19.1 Å². The lowest BCUT2D eigenvalue weighted by Gasteiger charge is -2.12. The number of amides is 1. The van der Waals surface area contributed by atoms with Gasteiger partial charge in [-0.1, -0.05) is 31.9 Å². The van der Waals surface area contributed by atoms with Crippen LogP contribution in [0, 0.1) is 0 Å². The van der Waals surface area contributed by atoms with Crippen molar-refractivity contribution in [1.82, 2.24) is 10.6 Å². The fraction of sp³-hybridized carbons (Fsp3) is 0.368. The van der Waals surface area contributed by atoms with E-state index >= 15 is 0 Å². The Balaban J connectivity index is 1.78. The Kier molecular flexibility index (Phi) is 7.56. The molecule has 0 unspecified atom stereocenters. The Morgan fingerprint density at radius 3 is 2.56 bits per heavy atom. The van der Waals surface area contributed by atoms with Crippen molar-refractivity contribution in [2.75, 3.05) is 18.9 Å². The third-order valence-corrected chi connectivity index (χ3v) is 3.71. The largest absolute Gasteiger partial charge is 0.459 e. The van der Waals surface area contributed by atoms with Crippen molar-refractivity contribution >= 4 is 17.6 Å². The van der Waals surface area contributed by atoms with Crippen molar-refractivity contribution in [2.24, 2.45) is 4.99 Å². The van der Waals surface area contributed by atoms with Gasteiger partial charge in [0.1, 0.15) is 0 Å². The molecule has 0 spiro atoms. The van der Waals surface area contributed by atoms with Gasteiger partial charge in [-0.15, -0.1) is 0 Å². The van der Waals surface area contributed by atoms with Crippen LogP contribution in [0.5, 0.6) is 0 Å². The molecule has 0 fully saturated rings. The molecule has 1 amide bonds. The van der Waals surface area contributed by atoms with Gasteiger partial charge in [-0.25, -0.2) is 0 Å². The summed E-state index contributed by atoms with van der Waals surface area (Å²) >= 11 is 0. The molecule has 0 radical (unpaired) electrons. The summed E-state index contributed by atoms with van der Waals surface area (Å²) in [5, 5.41) is 9.38. The molecule has 0 aliphatic rings. The quantitative estimate of drug-likeness (QED) is 0.390. The van der Waals surface area contributed by atoms with Gasteiger partial charge in [0.25, 0.3) is 5.91 Å². The van der Waals surface area contributed by atoms with E-state index in [2.05, 4.69) is 27.9 Å². The number of unbranched alkanes of at least 4 members (excludes halogenated alkanes) is 2. The second-order valence-electron chi connectivity index (χ2n) is 5.69. The third kappa shape index (κ3) is 6.33. The maximum atomic E-state index is 11.9. The lowest BCUT2D eigenvalue weighted by Crippen LogP contribution is -2.37. The summed E-state index contributed by atoms with van der Waals surface area (Å²) in [6.45, 7) is 3.78. The molecule has 1 heterocycles. The number of aliphatic imine (C=N–C) groups is 1. The van der Waals surface area contributed by atoms with Gasteiger partial charge >= 0.3 is 0 Å². The van der Waals surface area contributed by atoms with Crippen molar-refractivity contribution in [1.29, 1.82) is 0 Å². The van der Waals surface area contributed by atoms with Crippen molar-refractivity contribution in [2.45, 2.75) is 32.7 Å². The first kappa shape index (κ1) is 18.6. The number of hydrogen-bond donors (Lipinski definition) is 3. The van der Waals surface area contributed by atoms with Gasteiger partial charge in [0, 0.05) is 25.8 Å². The zero-order valence-corrected chi connectivity index (χ0v) is 14.8. The minimum Gasteiger partial charge on any atom is -0.459 e. The van der Waals surface area contributed by atoms with Crippen LogP contribution in [0.3, 0.4) is 0 Å². The standard InChI is InChI=1S/C19H26N4O2/c1-3-4-5-12-21-19(20-2)22-14-15-8-10-16(11-9-15)23-18(24)17-7-6-13-25-17/h6-11,13H,3-5,12,14H2,1-2H3,(H,23,24)(H2,20,21,22). The normalized spacial score (nSPS) is 11.2. The van der Waals surface area contributed by atoms with E-state index in [1.807, 2.05) is 24.3 Å². The predicted molar refractivity (Wildman–Crippen MR) is 101 cm³/mol. The van der Waals surface area contributed by atoms with Gasteiger partial charge < -0.3 is 20.4 Å². The van der Waals surface area contributed by atoms with E-state index in [9.17, 15) is 4.79 Å². The maximum Gasteiger partial charge on any atom is 0.291 e. The van der Waals surface area contributed by atoms with Crippen LogP contribution in [0.1, 0.15) is 42.3 Å². The average Bonchev–Trinajstić information content (AvgIpc) is 3.17. The summed E-state index contributed by atoms with van der Waals surface area (Å²) in [5.74, 6) is 0.836. The zero-order valence-electron chi connectivity index (χ0n) is 14.8. The molecule has 1 aromatic carbocycles. The Morgan fingerprint density at radius 1 is 1.12 bits per heavy atom. The van der Waals surface area contributed by atoms with Gasteiger partial charge in [-0.3, -0.25) is 9.79 Å². The smallest absolute Gasteiger partial charge is 0.291 e. The van der Waals surface area contributed by atoms with Crippen molar-refractivity contribution < 1.29 is 9.21 Å². The van der Waals surface area contributed by atoms with E-state index in [4.69, 9.17) is 4.42 Å². The Morgan fingerprint density at radius 2 is 1.92 bits per heavy atom. The molecular weight excluding hydrogens is 316 g/mol. The molecule has 2 aromatic rings. The molecule has 1 aromatic heterocycles. The summed E-state index contributed by atoms with van der Waals surface area (Å²) in [6.07, 6.45) is 5.04. The van der Waals surface area contributed by atoms with Gasteiger partial charge in [-0.2, -0.15) is 0 Å². The minimum absolute atomic E-state index is 0.257. The number of carbonyl (C=O) groups is 1. The topological polar surface area (TPSA) is 78.7 Å². The Hall–Kier alpha value is -2.76. The summed E-state index contributed by atoms with van der Waals surface area (Å²) < 4.78 is 5.07. The van der Waals surface area contributed by atoms with E-state index in [0.29, 0.717) is 12.3 Å². The van der Waals surface area contributed by atoms with Crippen LogP contribution in [-0.4, -0.2) is 25.5 Å². The second kappa shape index (κ2) is 10.2. The van der Waals surface area contributed by atoms with Crippen LogP contribution in [0.15, 0.2) is 52.1 Å². The Labute approximate surface area is 148 Å². The molecule has 0 saturated heterocycles. The van der Waals surface area contributed by atoms with Crippen LogP contribution < -0.4 is 16.0 Å². The van der Waals surface area contributed by atoms with Crippen molar-refractivity contribution in [3.63, 3.8) is 0 Å². The second-order valence-corrected chi connectivity index (χ2v) is 5.69. The number of furan rings is 1. The molecule has 0 saturated carbocycles. The maximum absolute atomic E-state index is 11.9. The van der Waals surface area contributed by atoms with E-state index in [-0.39, 0.29) is 5.91 Å². The first-order chi connectivity index (χ1) is 12.2. The van der Waals surface area contributed by atoms with Gasteiger partial charge in [0.2, 0.25) is 0 Å². The summed E-state index contributed by atoms with van der Waals surface area (Å²) in [4.78, 5) is 16.1. The van der Waals surface area contributed by atoms with Crippen LogP contribution in [-0.2, 0) is 6.54 Å². The number of carbonyl (C=O) groups excluding carboxylic acids is 1. The summed E-state index contributed by atoms with van der Waals surface area (Å²) in [5.41, 5.74) is 1.83. The number of anilines is 1. The molecule has 6 nitrogen and oxygen atoms in total. The highest BCUT2D eigenvalue weighted by Crippen LogP contribution is 2.11. The molecule has 0 aliphatic carbocycles. The molecule has 0 atom stereocenters. The van der Waals surface area contributed by atoms with Crippen LogP contribution >= 0.6 is 0 Å². The fourth-order valence-corrected chi connectivity index (χ4v) is 2.29. The highest BCUT2D eigenvalue weighted by Gasteiger charge is 2.08.